The minimum atomic E-state index is 0.318. The summed E-state index contributed by atoms with van der Waals surface area (Å²) in [6.07, 6.45) is 9.75. The second kappa shape index (κ2) is 7.67. The Morgan fingerprint density at radius 1 is 1.45 bits per heavy atom. The first-order chi connectivity index (χ1) is 9.70. The minimum absolute atomic E-state index is 0.318. The van der Waals surface area contributed by atoms with Gasteiger partial charge in [0.25, 0.3) is 0 Å². The Morgan fingerprint density at radius 3 is 3.10 bits per heavy atom. The zero-order chi connectivity index (χ0) is 14.4. The number of aliphatic imine (C=N–C) groups is 1. The normalized spacial score (nSPS) is 29.1. The van der Waals surface area contributed by atoms with Gasteiger partial charge in [-0.25, -0.2) is 4.99 Å². The van der Waals surface area contributed by atoms with Gasteiger partial charge in [-0.05, 0) is 44.4 Å². The molecule has 2 aliphatic rings. The number of nitrogens with one attached hydrogen (secondary N) is 1. The molecular formula is C16H29N3O. The lowest BCUT2D eigenvalue weighted by Crippen LogP contribution is -2.26. The molecule has 20 heavy (non-hydrogen) atoms. The highest BCUT2D eigenvalue weighted by molar-refractivity contribution is 5.60. The number of hydrogen-bond donors (Lipinski definition) is 2. The number of aliphatic hydroxyl groups is 1. The molecule has 0 aromatic heterocycles. The van der Waals surface area contributed by atoms with E-state index in [1.165, 1.54) is 19.3 Å². The average molecular weight is 279 g/mol. The molecule has 4 heteroatoms. The molecule has 114 valence electrons. The standard InChI is InChI=1S/C16H29N3O/c1-13(7-11-20)15-4-3-9-19(10-6-15)16-12-18-14(2)5-8-17-16/h8,12-15,18,20H,3-7,9-11H2,1-2H3. The summed E-state index contributed by atoms with van der Waals surface area (Å²) in [5.41, 5.74) is 0. The largest absolute Gasteiger partial charge is 0.396 e. The number of likely N-dealkylation sites (tertiary alicyclic amines) is 1. The van der Waals surface area contributed by atoms with Gasteiger partial charge >= 0.3 is 0 Å². The first-order valence-corrected chi connectivity index (χ1v) is 8.05. The van der Waals surface area contributed by atoms with Crippen molar-refractivity contribution in [2.24, 2.45) is 16.8 Å². The van der Waals surface area contributed by atoms with E-state index in [9.17, 15) is 0 Å². The molecule has 0 saturated carbocycles. The van der Waals surface area contributed by atoms with Crippen molar-refractivity contribution in [3.05, 3.63) is 12.0 Å². The quantitative estimate of drug-likeness (QED) is 0.830. The fourth-order valence-corrected chi connectivity index (χ4v) is 3.16. The molecule has 3 unspecified atom stereocenters. The monoisotopic (exact) mass is 279 g/mol. The maximum Gasteiger partial charge on any atom is 0.143 e. The van der Waals surface area contributed by atoms with E-state index in [2.05, 4.69) is 35.3 Å². The fourth-order valence-electron chi connectivity index (χ4n) is 3.16. The summed E-state index contributed by atoms with van der Waals surface area (Å²) in [6, 6.07) is 0.473. The van der Waals surface area contributed by atoms with E-state index < -0.39 is 0 Å². The zero-order valence-electron chi connectivity index (χ0n) is 12.9. The average Bonchev–Trinajstić information content (AvgIpc) is 2.79. The van der Waals surface area contributed by atoms with Gasteiger partial charge in [0.15, 0.2) is 0 Å². The highest BCUT2D eigenvalue weighted by Crippen LogP contribution is 2.28. The molecule has 0 bridgehead atoms. The van der Waals surface area contributed by atoms with E-state index in [1.807, 2.05) is 6.21 Å². The Morgan fingerprint density at radius 2 is 2.30 bits per heavy atom. The summed E-state index contributed by atoms with van der Waals surface area (Å²) in [5, 5.41) is 12.5. The molecule has 0 radical (unpaired) electrons. The van der Waals surface area contributed by atoms with E-state index in [-0.39, 0.29) is 0 Å². The lowest BCUT2D eigenvalue weighted by Gasteiger charge is -2.24. The van der Waals surface area contributed by atoms with Gasteiger partial charge in [0, 0.05) is 44.6 Å². The smallest absolute Gasteiger partial charge is 0.143 e. The van der Waals surface area contributed by atoms with Crippen LogP contribution in [-0.4, -0.2) is 42.0 Å². The second-order valence-corrected chi connectivity index (χ2v) is 6.29. The van der Waals surface area contributed by atoms with Crippen LogP contribution in [0.1, 0.15) is 46.0 Å². The van der Waals surface area contributed by atoms with Gasteiger partial charge in [0.05, 0.1) is 0 Å². The van der Waals surface area contributed by atoms with Gasteiger partial charge in [-0.1, -0.05) is 6.92 Å². The summed E-state index contributed by atoms with van der Waals surface area (Å²) >= 11 is 0. The molecule has 2 heterocycles. The van der Waals surface area contributed by atoms with Crippen molar-refractivity contribution in [3.8, 4) is 0 Å². The van der Waals surface area contributed by atoms with E-state index in [0.29, 0.717) is 18.6 Å². The summed E-state index contributed by atoms with van der Waals surface area (Å²) in [4.78, 5) is 7.01. The molecule has 0 aromatic rings. The predicted octanol–water partition coefficient (Wildman–Crippen LogP) is 2.36. The Labute approximate surface area is 123 Å². The van der Waals surface area contributed by atoms with Crippen molar-refractivity contribution in [2.75, 3.05) is 19.7 Å². The van der Waals surface area contributed by atoms with Gasteiger partial charge in [-0.2, -0.15) is 0 Å². The van der Waals surface area contributed by atoms with E-state index in [0.717, 1.165) is 37.7 Å². The molecule has 2 aliphatic heterocycles. The van der Waals surface area contributed by atoms with Crippen LogP contribution in [0, 0.1) is 11.8 Å². The summed E-state index contributed by atoms with van der Waals surface area (Å²) in [6.45, 7) is 6.96. The minimum Gasteiger partial charge on any atom is -0.396 e. The molecule has 0 aliphatic carbocycles. The summed E-state index contributed by atoms with van der Waals surface area (Å²) < 4.78 is 0. The van der Waals surface area contributed by atoms with Crippen molar-refractivity contribution in [3.63, 3.8) is 0 Å². The molecule has 4 nitrogen and oxygen atoms in total. The molecule has 2 rings (SSSR count). The molecule has 0 amide bonds. The van der Waals surface area contributed by atoms with Crippen LogP contribution in [0.25, 0.3) is 0 Å². The van der Waals surface area contributed by atoms with Crippen molar-refractivity contribution in [2.45, 2.75) is 52.0 Å². The van der Waals surface area contributed by atoms with Crippen LogP contribution in [0.2, 0.25) is 0 Å². The highest BCUT2D eigenvalue weighted by Gasteiger charge is 2.22. The van der Waals surface area contributed by atoms with Crippen molar-refractivity contribution >= 4 is 6.21 Å². The molecule has 2 N–H and O–H groups in total. The molecule has 0 aromatic carbocycles. The van der Waals surface area contributed by atoms with Gasteiger partial charge in [-0.15, -0.1) is 0 Å². The van der Waals surface area contributed by atoms with E-state index in [1.54, 1.807) is 0 Å². The molecule has 1 fully saturated rings. The van der Waals surface area contributed by atoms with E-state index >= 15 is 0 Å². The molecule has 3 atom stereocenters. The first-order valence-electron chi connectivity index (χ1n) is 8.05. The van der Waals surface area contributed by atoms with Crippen molar-refractivity contribution < 1.29 is 5.11 Å². The van der Waals surface area contributed by atoms with Crippen LogP contribution in [0.5, 0.6) is 0 Å². The molecule has 1 saturated heterocycles. The second-order valence-electron chi connectivity index (χ2n) is 6.29. The number of hydrogen-bond acceptors (Lipinski definition) is 4. The molecule has 0 spiro atoms. The van der Waals surface area contributed by atoms with Gasteiger partial charge in [0.2, 0.25) is 0 Å². The topological polar surface area (TPSA) is 47.9 Å². The number of nitrogens with zero attached hydrogens (tertiary/aromatic N) is 2. The van der Waals surface area contributed by atoms with Gasteiger partial charge in [-0.3, -0.25) is 0 Å². The Kier molecular flexibility index (Phi) is 5.89. The lowest BCUT2D eigenvalue weighted by atomic mass is 9.86. The van der Waals surface area contributed by atoms with Crippen molar-refractivity contribution in [1.29, 1.82) is 0 Å². The van der Waals surface area contributed by atoms with Crippen LogP contribution in [-0.2, 0) is 0 Å². The third-order valence-corrected chi connectivity index (χ3v) is 4.67. The van der Waals surface area contributed by atoms with Crippen LogP contribution in [0.15, 0.2) is 17.0 Å². The Hall–Kier alpha value is -1.03. The van der Waals surface area contributed by atoms with Crippen molar-refractivity contribution in [1.82, 2.24) is 10.2 Å². The number of aliphatic hydroxyl groups excluding tert-OH is 1. The van der Waals surface area contributed by atoms with Gasteiger partial charge < -0.3 is 15.3 Å². The maximum atomic E-state index is 9.10. The van der Waals surface area contributed by atoms with E-state index in [4.69, 9.17) is 5.11 Å². The Bertz CT molecular complexity index is 354. The highest BCUT2D eigenvalue weighted by atomic mass is 16.3. The lowest BCUT2D eigenvalue weighted by molar-refractivity contribution is 0.217. The predicted molar refractivity (Wildman–Crippen MR) is 83.6 cm³/mol. The fraction of sp³-hybridized carbons (Fsp3) is 0.812. The Balaban J connectivity index is 1.92. The van der Waals surface area contributed by atoms with Crippen LogP contribution in [0.4, 0.5) is 0 Å². The van der Waals surface area contributed by atoms with Crippen LogP contribution in [0.3, 0.4) is 0 Å². The number of rotatable bonds is 4. The van der Waals surface area contributed by atoms with Crippen LogP contribution < -0.4 is 5.32 Å². The first kappa shape index (κ1) is 15.4. The van der Waals surface area contributed by atoms with Crippen LogP contribution >= 0.6 is 0 Å². The third kappa shape index (κ3) is 4.23. The summed E-state index contributed by atoms with van der Waals surface area (Å²) in [5.74, 6) is 2.46. The molecular weight excluding hydrogens is 250 g/mol. The maximum absolute atomic E-state index is 9.10. The SMILES string of the molecule is CC1CC=NC(N2CCCC(C(C)CCO)CC2)=CN1. The summed E-state index contributed by atoms with van der Waals surface area (Å²) in [7, 11) is 0. The van der Waals surface area contributed by atoms with Gasteiger partial charge in [0.1, 0.15) is 5.82 Å². The third-order valence-electron chi connectivity index (χ3n) is 4.67. The zero-order valence-corrected chi connectivity index (χ0v) is 12.9.